The lowest BCUT2D eigenvalue weighted by molar-refractivity contribution is 0.0996. The molecule has 5 N–H and O–H groups in total. The highest BCUT2D eigenvalue weighted by atomic mass is 19.1. The molecule has 1 aromatic carbocycles. The number of rotatable bonds is 3. The molecular weight excluding hydrogens is 365 g/mol. The molecule has 1 atom stereocenters. The Morgan fingerprint density at radius 3 is 2.71 bits per heavy atom. The molecule has 0 unspecified atom stereocenters. The summed E-state index contributed by atoms with van der Waals surface area (Å²) >= 11 is 0. The average Bonchev–Trinajstić information content (AvgIpc) is 3.07. The Labute approximate surface area is 159 Å². The first-order valence-electron chi connectivity index (χ1n) is 8.10. The summed E-state index contributed by atoms with van der Waals surface area (Å²) in [7, 11) is 0. The number of aliphatic hydroxyl groups is 1. The third-order valence-corrected chi connectivity index (χ3v) is 3.79. The summed E-state index contributed by atoms with van der Waals surface area (Å²) in [6.07, 6.45) is 0. The molecule has 0 aliphatic rings. The van der Waals surface area contributed by atoms with E-state index in [0.29, 0.717) is 17.0 Å². The van der Waals surface area contributed by atoms with E-state index in [0.717, 1.165) is 6.07 Å². The molecule has 2 aromatic heterocycles. The molecule has 0 spiro atoms. The van der Waals surface area contributed by atoms with E-state index >= 15 is 0 Å². The van der Waals surface area contributed by atoms with Gasteiger partial charge in [-0.1, -0.05) is 29.1 Å². The maximum atomic E-state index is 14.3. The number of nitrogen functional groups attached to an aromatic ring is 1. The fraction of sp³-hybridized carbons (Fsp3) is 0.158. The zero-order valence-corrected chi connectivity index (χ0v) is 15.0. The van der Waals surface area contributed by atoms with Gasteiger partial charge in [0, 0.05) is 24.1 Å². The number of primary amides is 1. The number of carbonyl (C=O) groups excluding carboxylic acids is 1. The normalized spacial score (nSPS) is 12.7. The van der Waals surface area contributed by atoms with Crippen LogP contribution in [0, 0.1) is 24.6 Å². The van der Waals surface area contributed by atoms with E-state index in [9.17, 15) is 14.3 Å². The van der Waals surface area contributed by atoms with Crippen LogP contribution in [0.3, 0.4) is 0 Å². The molecule has 1 amide bonds. The molecule has 142 valence electrons. The Hall–Kier alpha value is -3.77. The van der Waals surface area contributed by atoms with Gasteiger partial charge in [0.15, 0.2) is 17.1 Å². The van der Waals surface area contributed by atoms with Crippen molar-refractivity contribution in [3.05, 3.63) is 59.1 Å². The summed E-state index contributed by atoms with van der Waals surface area (Å²) in [4.78, 5) is 19.3. The standard InChI is InChI=1S/C19H16FN5O3/c1-10-23-18(25-28-10)19(2,27)7-6-11-4-3-5-12(8-11)15-13(20)9-14(21)16(24-15)17(22)26/h3-5,8-9,27H,21H2,1-2H3,(H2,22,26)/t19-/m1/s1. The lowest BCUT2D eigenvalue weighted by Gasteiger charge is -2.10. The van der Waals surface area contributed by atoms with E-state index in [4.69, 9.17) is 16.0 Å². The van der Waals surface area contributed by atoms with Gasteiger partial charge in [-0.3, -0.25) is 4.79 Å². The lowest BCUT2D eigenvalue weighted by Crippen LogP contribution is -2.20. The molecule has 0 aliphatic heterocycles. The second-order valence-corrected chi connectivity index (χ2v) is 6.16. The second-order valence-electron chi connectivity index (χ2n) is 6.16. The minimum atomic E-state index is -1.64. The van der Waals surface area contributed by atoms with Crippen LogP contribution in [0.4, 0.5) is 10.1 Å². The second kappa shape index (κ2) is 7.09. The Bertz CT molecular complexity index is 1130. The van der Waals surface area contributed by atoms with Crippen molar-refractivity contribution in [2.75, 3.05) is 5.73 Å². The number of anilines is 1. The summed E-state index contributed by atoms with van der Waals surface area (Å²) in [6.45, 7) is 3.02. The molecule has 28 heavy (non-hydrogen) atoms. The maximum Gasteiger partial charge on any atom is 0.269 e. The zero-order chi connectivity index (χ0) is 20.5. The first-order chi connectivity index (χ1) is 13.2. The van der Waals surface area contributed by atoms with Crippen LogP contribution in [-0.2, 0) is 5.60 Å². The predicted molar refractivity (Wildman–Crippen MR) is 98.0 cm³/mol. The van der Waals surface area contributed by atoms with Gasteiger partial charge in [0.1, 0.15) is 5.69 Å². The highest BCUT2D eigenvalue weighted by molar-refractivity contribution is 5.96. The largest absolute Gasteiger partial charge is 0.397 e. The number of nitrogens with zero attached hydrogens (tertiary/aromatic N) is 3. The zero-order valence-electron chi connectivity index (χ0n) is 15.0. The quantitative estimate of drug-likeness (QED) is 0.584. The Balaban J connectivity index is 1.99. The molecule has 0 bridgehead atoms. The number of halogens is 1. The molecule has 0 aliphatic carbocycles. The molecule has 0 saturated heterocycles. The molecule has 3 aromatic rings. The highest BCUT2D eigenvalue weighted by Gasteiger charge is 2.26. The first kappa shape index (κ1) is 19.0. The molecule has 9 heteroatoms. The van der Waals surface area contributed by atoms with Gasteiger partial charge in [-0.25, -0.2) is 9.37 Å². The number of hydrogen-bond acceptors (Lipinski definition) is 7. The third kappa shape index (κ3) is 3.82. The predicted octanol–water partition coefficient (Wildman–Crippen LogP) is 1.52. The van der Waals surface area contributed by atoms with Crippen LogP contribution >= 0.6 is 0 Å². The van der Waals surface area contributed by atoms with Crippen LogP contribution < -0.4 is 11.5 Å². The average molecular weight is 381 g/mol. The number of carbonyl (C=O) groups is 1. The van der Waals surface area contributed by atoms with Gasteiger partial charge >= 0.3 is 0 Å². The smallest absolute Gasteiger partial charge is 0.269 e. The monoisotopic (exact) mass is 381 g/mol. The third-order valence-electron chi connectivity index (χ3n) is 3.79. The van der Waals surface area contributed by atoms with Crippen molar-refractivity contribution < 1.29 is 18.8 Å². The summed E-state index contributed by atoms with van der Waals surface area (Å²) < 4.78 is 19.2. The van der Waals surface area contributed by atoms with Crippen LogP contribution in [0.25, 0.3) is 11.3 Å². The van der Waals surface area contributed by atoms with Crippen LogP contribution in [0.5, 0.6) is 0 Å². The van der Waals surface area contributed by atoms with Gasteiger partial charge in [0.2, 0.25) is 11.7 Å². The molecule has 3 rings (SSSR count). The van der Waals surface area contributed by atoms with Gasteiger partial charge in [0.25, 0.3) is 5.91 Å². The van der Waals surface area contributed by atoms with E-state index < -0.39 is 17.3 Å². The van der Waals surface area contributed by atoms with E-state index in [1.165, 1.54) is 6.92 Å². The van der Waals surface area contributed by atoms with Gasteiger partial charge in [-0.05, 0) is 19.1 Å². The van der Waals surface area contributed by atoms with Crippen molar-refractivity contribution in [3.63, 3.8) is 0 Å². The maximum absolute atomic E-state index is 14.3. The van der Waals surface area contributed by atoms with Crippen molar-refractivity contribution >= 4 is 11.6 Å². The summed E-state index contributed by atoms with van der Waals surface area (Å²) in [6, 6.07) is 7.44. The van der Waals surface area contributed by atoms with Gasteiger partial charge in [0.05, 0.1) is 5.69 Å². The number of aryl methyl sites for hydroxylation is 1. The van der Waals surface area contributed by atoms with Crippen LogP contribution in [-0.4, -0.2) is 26.1 Å². The van der Waals surface area contributed by atoms with Crippen molar-refractivity contribution in [3.8, 4) is 23.1 Å². The molecule has 2 heterocycles. The number of nitrogens with two attached hydrogens (primary N) is 2. The number of aromatic nitrogens is 3. The van der Waals surface area contributed by atoms with E-state index in [1.54, 1.807) is 31.2 Å². The lowest BCUT2D eigenvalue weighted by atomic mass is 10.0. The van der Waals surface area contributed by atoms with Gasteiger partial charge in [-0.2, -0.15) is 4.98 Å². The van der Waals surface area contributed by atoms with Crippen molar-refractivity contribution in [2.45, 2.75) is 19.4 Å². The summed E-state index contributed by atoms with van der Waals surface area (Å²) in [5, 5.41) is 14.1. The SMILES string of the molecule is Cc1nc([C@](C)(O)C#Cc2cccc(-c3nc(C(N)=O)c(N)cc3F)c2)no1. The fourth-order valence-electron chi connectivity index (χ4n) is 2.39. The van der Waals surface area contributed by atoms with E-state index in [1.807, 2.05) is 0 Å². The minimum absolute atomic E-state index is 0.0333. The fourth-order valence-corrected chi connectivity index (χ4v) is 2.39. The van der Waals surface area contributed by atoms with Crippen LogP contribution in [0.15, 0.2) is 34.9 Å². The summed E-state index contributed by atoms with van der Waals surface area (Å²) in [5.41, 5.74) is 9.54. The number of benzene rings is 1. The number of pyridine rings is 1. The Kier molecular flexibility index (Phi) is 4.81. The van der Waals surface area contributed by atoms with Crippen LogP contribution in [0.2, 0.25) is 0 Å². The van der Waals surface area contributed by atoms with E-state index in [2.05, 4.69) is 27.0 Å². The molecular formula is C19H16FN5O3. The first-order valence-corrected chi connectivity index (χ1v) is 8.10. The van der Waals surface area contributed by atoms with Crippen molar-refractivity contribution in [1.29, 1.82) is 0 Å². The van der Waals surface area contributed by atoms with Crippen molar-refractivity contribution in [2.24, 2.45) is 5.73 Å². The minimum Gasteiger partial charge on any atom is -0.397 e. The number of hydrogen-bond donors (Lipinski definition) is 3. The van der Waals surface area contributed by atoms with E-state index in [-0.39, 0.29) is 22.9 Å². The molecule has 0 saturated carbocycles. The Morgan fingerprint density at radius 2 is 2.07 bits per heavy atom. The molecule has 0 radical (unpaired) electrons. The molecule has 0 fully saturated rings. The highest BCUT2D eigenvalue weighted by Crippen LogP contribution is 2.25. The molecule has 8 nitrogen and oxygen atoms in total. The Morgan fingerprint density at radius 1 is 1.32 bits per heavy atom. The van der Waals surface area contributed by atoms with Crippen LogP contribution in [0.1, 0.15) is 34.7 Å². The van der Waals surface area contributed by atoms with Gasteiger partial charge < -0.3 is 21.1 Å². The number of amides is 1. The van der Waals surface area contributed by atoms with Gasteiger partial charge in [-0.15, -0.1) is 0 Å². The topological polar surface area (TPSA) is 141 Å². The summed E-state index contributed by atoms with van der Waals surface area (Å²) in [5.74, 6) is 4.20. The van der Waals surface area contributed by atoms with Crippen molar-refractivity contribution in [1.82, 2.24) is 15.1 Å².